The minimum Gasteiger partial charge on any atom is -0.387 e. The van der Waals surface area contributed by atoms with Crippen LogP contribution in [-0.2, 0) is 0 Å². The number of aliphatic hydroxyl groups is 1. The summed E-state index contributed by atoms with van der Waals surface area (Å²) in [7, 11) is 0. The van der Waals surface area contributed by atoms with Crippen LogP contribution in [0.25, 0.3) is 0 Å². The maximum atomic E-state index is 10.5. The minimum absolute atomic E-state index is 0.0447. The second-order valence-corrected chi connectivity index (χ2v) is 6.16. The average Bonchev–Trinajstić information content (AvgIpc) is 3.19. The molecule has 1 aliphatic rings. The molecule has 104 valence electrons. The van der Waals surface area contributed by atoms with E-state index in [2.05, 4.69) is 11.6 Å². The highest BCUT2D eigenvalue weighted by molar-refractivity contribution is 8.00. The topological polar surface area (TPSA) is 75.4 Å². The number of nitro groups is 1. The van der Waals surface area contributed by atoms with Gasteiger partial charge in [0.05, 0.1) is 11.0 Å². The fourth-order valence-electron chi connectivity index (χ4n) is 1.97. The first-order valence-electron chi connectivity index (χ1n) is 6.25. The first kappa shape index (κ1) is 14.3. The second kappa shape index (κ2) is 5.90. The van der Waals surface area contributed by atoms with Crippen LogP contribution in [0.1, 0.15) is 24.5 Å². The van der Waals surface area contributed by atoms with Crippen LogP contribution in [0.2, 0.25) is 0 Å². The van der Waals surface area contributed by atoms with Gasteiger partial charge >= 0.3 is 0 Å². The van der Waals surface area contributed by atoms with E-state index in [4.69, 9.17) is 0 Å². The molecule has 5 nitrogen and oxygen atoms in total. The number of hydrogen-bond acceptors (Lipinski definition) is 5. The molecule has 0 bridgehead atoms. The maximum absolute atomic E-state index is 10.5. The third-order valence-corrected chi connectivity index (χ3v) is 4.93. The lowest BCUT2D eigenvalue weighted by atomic mass is 10.1. The summed E-state index contributed by atoms with van der Waals surface area (Å²) in [4.78, 5) is 10.1. The Bertz CT molecular complexity index is 446. The lowest BCUT2D eigenvalue weighted by Gasteiger charge is -2.16. The van der Waals surface area contributed by atoms with Crippen LogP contribution >= 0.6 is 11.8 Å². The first-order valence-corrected chi connectivity index (χ1v) is 7.47. The van der Waals surface area contributed by atoms with Crippen LogP contribution in [0.5, 0.6) is 0 Å². The van der Waals surface area contributed by atoms with Gasteiger partial charge in [0.25, 0.3) is 5.69 Å². The third kappa shape index (κ3) is 3.68. The van der Waals surface area contributed by atoms with Crippen molar-refractivity contribution in [3.05, 3.63) is 39.9 Å². The molecule has 2 rings (SSSR count). The van der Waals surface area contributed by atoms with Crippen molar-refractivity contribution in [2.24, 2.45) is 0 Å². The van der Waals surface area contributed by atoms with Crippen molar-refractivity contribution in [3.63, 3.8) is 0 Å². The molecular formula is C13H18N2O3S. The summed E-state index contributed by atoms with van der Waals surface area (Å²) in [5.74, 6) is 0. The molecule has 1 aliphatic carbocycles. The second-order valence-electron chi connectivity index (χ2n) is 4.88. The lowest BCUT2D eigenvalue weighted by molar-refractivity contribution is -0.384. The van der Waals surface area contributed by atoms with Gasteiger partial charge in [-0.15, -0.1) is 0 Å². The van der Waals surface area contributed by atoms with Crippen LogP contribution < -0.4 is 5.32 Å². The molecule has 0 heterocycles. The Morgan fingerprint density at radius 3 is 2.58 bits per heavy atom. The molecule has 1 fully saturated rings. The molecule has 1 atom stereocenters. The number of rotatable bonds is 7. The normalized spacial score (nSPS) is 18.0. The van der Waals surface area contributed by atoms with Crippen LogP contribution in [0.3, 0.4) is 0 Å². The van der Waals surface area contributed by atoms with E-state index < -0.39 is 11.0 Å². The summed E-state index contributed by atoms with van der Waals surface area (Å²) in [5.41, 5.74) is 0.746. The van der Waals surface area contributed by atoms with E-state index in [0.717, 1.165) is 6.54 Å². The summed E-state index contributed by atoms with van der Waals surface area (Å²) in [5, 5.41) is 23.8. The lowest BCUT2D eigenvalue weighted by Crippen LogP contribution is -2.29. The van der Waals surface area contributed by atoms with Gasteiger partial charge in [-0.3, -0.25) is 10.1 Å². The number of thioether (sulfide) groups is 1. The van der Waals surface area contributed by atoms with E-state index in [1.54, 1.807) is 12.1 Å². The van der Waals surface area contributed by atoms with E-state index in [0.29, 0.717) is 16.9 Å². The SMILES string of the molecule is CSC1(CNCC(O)c2ccc([N+](=O)[O-])cc2)CC1. The fraction of sp³-hybridized carbons (Fsp3) is 0.538. The van der Waals surface area contributed by atoms with E-state index in [-0.39, 0.29) is 5.69 Å². The summed E-state index contributed by atoms with van der Waals surface area (Å²) in [6.07, 6.45) is 3.95. The molecule has 0 saturated heterocycles. The molecule has 0 spiro atoms. The third-order valence-electron chi connectivity index (χ3n) is 3.51. The standard InChI is InChI=1S/C13H18N2O3S/c1-19-13(6-7-13)9-14-8-12(16)10-2-4-11(5-3-10)15(17)18/h2-5,12,14,16H,6-9H2,1H3. The number of benzene rings is 1. The number of nitro benzene ring substituents is 1. The van der Waals surface area contributed by atoms with Gasteiger partial charge in [0, 0.05) is 30.0 Å². The van der Waals surface area contributed by atoms with Gasteiger partial charge in [-0.1, -0.05) is 0 Å². The van der Waals surface area contributed by atoms with Crippen molar-refractivity contribution >= 4 is 17.4 Å². The number of hydrogen-bond donors (Lipinski definition) is 2. The van der Waals surface area contributed by atoms with Crippen molar-refractivity contribution < 1.29 is 10.0 Å². The Labute approximate surface area is 116 Å². The van der Waals surface area contributed by atoms with Gasteiger partial charge in [-0.05, 0) is 36.8 Å². The van der Waals surface area contributed by atoms with Crippen LogP contribution in [-0.4, -0.2) is 34.1 Å². The zero-order chi connectivity index (χ0) is 13.9. The van der Waals surface area contributed by atoms with E-state index in [1.807, 2.05) is 11.8 Å². The predicted octanol–water partition coefficient (Wildman–Crippen LogP) is 2.11. The maximum Gasteiger partial charge on any atom is 0.269 e. The number of nitrogens with zero attached hydrogens (tertiary/aromatic N) is 1. The summed E-state index contributed by atoms with van der Waals surface area (Å²) >= 11 is 1.87. The van der Waals surface area contributed by atoms with E-state index in [9.17, 15) is 15.2 Å². The first-order chi connectivity index (χ1) is 9.06. The van der Waals surface area contributed by atoms with Crippen molar-refractivity contribution in [1.29, 1.82) is 0 Å². The molecule has 0 aromatic heterocycles. The van der Waals surface area contributed by atoms with Gasteiger partial charge in [0.2, 0.25) is 0 Å². The summed E-state index contributed by atoms with van der Waals surface area (Å²) in [6.45, 7) is 1.37. The van der Waals surface area contributed by atoms with Crippen molar-refractivity contribution in [3.8, 4) is 0 Å². The summed E-state index contributed by atoms with van der Waals surface area (Å²) < 4.78 is 0.370. The zero-order valence-corrected chi connectivity index (χ0v) is 11.7. The van der Waals surface area contributed by atoms with Crippen molar-refractivity contribution in [1.82, 2.24) is 5.32 Å². The highest BCUT2D eigenvalue weighted by atomic mass is 32.2. The Hall–Kier alpha value is -1.11. The molecule has 1 aromatic rings. The molecule has 19 heavy (non-hydrogen) atoms. The van der Waals surface area contributed by atoms with Gasteiger partial charge in [-0.2, -0.15) is 11.8 Å². The smallest absolute Gasteiger partial charge is 0.269 e. The Kier molecular flexibility index (Phi) is 4.44. The highest BCUT2D eigenvalue weighted by Crippen LogP contribution is 2.46. The molecule has 1 unspecified atom stereocenters. The van der Waals surface area contributed by atoms with Crippen LogP contribution in [0.15, 0.2) is 24.3 Å². The molecule has 1 aromatic carbocycles. The predicted molar refractivity (Wildman–Crippen MR) is 76.4 cm³/mol. The van der Waals surface area contributed by atoms with Crippen molar-refractivity contribution in [2.45, 2.75) is 23.7 Å². The van der Waals surface area contributed by atoms with Gasteiger partial charge in [0.1, 0.15) is 0 Å². The molecule has 6 heteroatoms. The molecule has 0 amide bonds. The largest absolute Gasteiger partial charge is 0.387 e. The van der Waals surface area contributed by atoms with Gasteiger partial charge < -0.3 is 10.4 Å². The Morgan fingerprint density at radius 1 is 1.47 bits per heavy atom. The zero-order valence-electron chi connectivity index (χ0n) is 10.8. The average molecular weight is 282 g/mol. The number of non-ortho nitro benzene ring substituents is 1. The molecular weight excluding hydrogens is 264 g/mol. The van der Waals surface area contributed by atoms with E-state index in [1.165, 1.54) is 25.0 Å². The van der Waals surface area contributed by atoms with Crippen molar-refractivity contribution in [2.75, 3.05) is 19.3 Å². The molecule has 0 radical (unpaired) electrons. The Morgan fingerprint density at radius 2 is 2.11 bits per heavy atom. The van der Waals surface area contributed by atoms with Crippen LogP contribution in [0, 0.1) is 10.1 Å². The molecule has 1 saturated carbocycles. The molecule has 0 aliphatic heterocycles. The fourth-order valence-corrected chi connectivity index (χ4v) is 2.72. The molecule has 2 N–H and O–H groups in total. The van der Waals surface area contributed by atoms with E-state index >= 15 is 0 Å². The Balaban J connectivity index is 1.82. The van der Waals surface area contributed by atoms with Crippen LogP contribution in [0.4, 0.5) is 5.69 Å². The highest BCUT2D eigenvalue weighted by Gasteiger charge is 2.41. The summed E-state index contributed by atoms with van der Waals surface area (Å²) in [6, 6.07) is 6.05. The van der Waals surface area contributed by atoms with Gasteiger partial charge in [0.15, 0.2) is 0 Å². The minimum atomic E-state index is -0.626. The van der Waals surface area contributed by atoms with Gasteiger partial charge in [-0.25, -0.2) is 0 Å². The number of aliphatic hydroxyl groups excluding tert-OH is 1. The number of nitrogens with one attached hydrogen (secondary N) is 1. The monoisotopic (exact) mass is 282 g/mol. The quantitative estimate of drug-likeness (QED) is 0.592.